The SMILES string of the molecule is CCOc1ccc(C2C(=C(O)c3cc(C)ccc3C)C(=O)C(=O)N2c2nc(C)c(C(C)=O)s2)cc1. The highest BCUT2D eigenvalue weighted by Crippen LogP contribution is 2.44. The highest BCUT2D eigenvalue weighted by molar-refractivity contribution is 7.18. The van der Waals surface area contributed by atoms with Crippen molar-refractivity contribution in [2.45, 2.75) is 40.7 Å². The summed E-state index contributed by atoms with van der Waals surface area (Å²) >= 11 is 1.06. The molecule has 0 spiro atoms. The number of rotatable bonds is 6. The van der Waals surface area contributed by atoms with Crippen molar-refractivity contribution in [3.05, 3.63) is 80.9 Å². The lowest BCUT2D eigenvalue weighted by molar-refractivity contribution is -0.132. The molecule has 8 heteroatoms. The zero-order chi connectivity index (χ0) is 25.4. The van der Waals surface area contributed by atoms with Crippen LogP contribution in [0.25, 0.3) is 5.76 Å². The largest absolute Gasteiger partial charge is 0.507 e. The summed E-state index contributed by atoms with van der Waals surface area (Å²) in [5.41, 5.74) is 3.24. The number of amides is 1. The third-order valence-corrected chi connectivity index (χ3v) is 7.17. The lowest BCUT2D eigenvalue weighted by Gasteiger charge is -2.23. The Labute approximate surface area is 207 Å². The molecule has 0 radical (unpaired) electrons. The second-order valence-corrected chi connectivity index (χ2v) is 9.43. The Balaban J connectivity index is 1.95. The average molecular weight is 491 g/mol. The first kappa shape index (κ1) is 24.3. The van der Waals surface area contributed by atoms with Crippen LogP contribution in [0.3, 0.4) is 0 Å². The Kier molecular flexibility index (Phi) is 6.58. The van der Waals surface area contributed by atoms with E-state index in [1.807, 2.05) is 32.9 Å². The lowest BCUT2D eigenvalue weighted by atomic mass is 9.93. The van der Waals surface area contributed by atoms with Gasteiger partial charge in [0.05, 0.1) is 28.8 Å². The van der Waals surface area contributed by atoms with Crippen molar-refractivity contribution in [1.29, 1.82) is 0 Å². The number of aryl methyl sites for hydroxylation is 3. The van der Waals surface area contributed by atoms with E-state index in [4.69, 9.17) is 4.74 Å². The number of anilines is 1. The minimum absolute atomic E-state index is 0.0231. The van der Waals surface area contributed by atoms with E-state index in [9.17, 15) is 19.5 Å². The number of thiazole rings is 1. The van der Waals surface area contributed by atoms with E-state index in [-0.39, 0.29) is 22.2 Å². The molecule has 7 nitrogen and oxygen atoms in total. The number of hydrogen-bond acceptors (Lipinski definition) is 7. The van der Waals surface area contributed by atoms with E-state index < -0.39 is 17.7 Å². The summed E-state index contributed by atoms with van der Waals surface area (Å²) < 4.78 is 5.54. The summed E-state index contributed by atoms with van der Waals surface area (Å²) in [6.45, 7) is 9.22. The van der Waals surface area contributed by atoms with Gasteiger partial charge in [-0.15, -0.1) is 0 Å². The number of Topliss-reactive ketones (excluding diaryl/α,β-unsaturated/α-hetero) is 2. The normalized spacial score (nSPS) is 17.2. The first-order valence-electron chi connectivity index (χ1n) is 11.2. The zero-order valence-corrected chi connectivity index (χ0v) is 21.0. The Bertz CT molecular complexity index is 1370. The van der Waals surface area contributed by atoms with Gasteiger partial charge in [0.1, 0.15) is 11.5 Å². The van der Waals surface area contributed by atoms with Gasteiger partial charge in [0.15, 0.2) is 10.9 Å². The van der Waals surface area contributed by atoms with Crippen molar-refractivity contribution in [3.63, 3.8) is 0 Å². The minimum Gasteiger partial charge on any atom is -0.507 e. The van der Waals surface area contributed by atoms with Gasteiger partial charge in [-0.1, -0.05) is 41.2 Å². The van der Waals surface area contributed by atoms with Gasteiger partial charge in [-0.2, -0.15) is 0 Å². The van der Waals surface area contributed by atoms with Crippen LogP contribution in [0.5, 0.6) is 5.75 Å². The molecule has 1 aliphatic heterocycles. The molecule has 1 saturated heterocycles. The molecule has 1 N–H and O–H groups in total. The van der Waals surface area contributed by atoms with Crippen LogP contribution in [-0.4, -0.2) is 34.2 Å². The Morgan fingerprint density at radius 3 is 2.40 bits per heavy atom. The van der Waals surface area contributed by atoms with E-state index in [1.165, 1.54) is 11.8 Å². The highest BCUT2D eigenvalue weighted by atomic mass is 32.1. The Morgan fingerprint density at radius 1 is 1.11 bits per heavy atom. The Hall–Kier alpha value is -3.78. The number of aliphatic hydroxyl groups excluding tert-OH is 1. The molecule has 2 heterocycles. The number of carbonyl (C=O) groups excluding carboxylic acids is 3. The third kappa shape index (κ3) is 4.37. The van der Waals surface area contributed by atoms with Gasteiger partial charge in [-0.25, -0.2) is 4.98 Å². The molecule has 1 unspecified atom stereocenters. The monoisotopic (exact) mass is 490 g/mol. The first-order valence-corrected chi connectivity index (χ1v) is 12.1. The number of ether oxygens (including phenoxy) is 1. The predicted octanol–water partition coefficient (Wildman–Crippen LogP) is 5.30. The van der Waals surface area contributed by atoms with Crippen molar-refractivity contribution in [2.75, 3.05) is 11.5 Å². The summed E-state index contributed by atoms with van der Waals surface area (Å²) in [5.74, 6) is -1.38. The molecule has 0 aliphatic carbocycles. The average Bonchev–Trinajstić information content (AvgIpc) is 3.33. The van der Waals surface area contributed by atoms with Crippen molar-refractivity contribution in [2.24, 2.45) is 0 Å². The minimum atomic E-state index is -0.920. The number of benzene rings is 2. The van der Waals surface area contributed by atoms with Crippen LogP contribution in [0.1, 0.15) is 57.5 Å². The van der Waals surface area contributed by atoms with E-state index in [2.05, 4.69) is 4.98 Å². The number of ketones is 2. The van der Waals surface area contributed by atoms with Gasteiger partial charge in [-0.05, 0) is 57.0 Å². The number of hydrogen-bond donors (Lipinski definition) is 1. The quantitative estimate of drug-likeness (QED) is 0.218. The van der Waals surface area contributed by atoms with Crippen LogP contribution in [0.4, 0.5) is 5.13 Å². The van der Waals surface area contributed by atoms with E-state index >= 15 is 0 Å². The maximum atomic E-state index is 13.4. The van der Waals surface area contributed by atoms with Crippen molar-refractivity contribution in [1.82, 2.24) is 4.98 Å². The molecule has 0 saturated carbocycles. The lowest BCUT2D eigenvalue weighted by Crippen LogP contribution is -2.29. The van der Waals surface area contributed by atoms with Crippen LogP contribution in [0, 0.1) is 20.8 Å². The molecule has 4 rings (SSSR count). The summed E-state index contributed by atoms with van der Waals surface area (Å²) in [7, 11) is 0. The molecule has 2 aromatic carbocycles. The molecule has 35 heavy (non-hydrogen) atoms. The third-order valence-electron chi connectivity index (χ3n) is 5.91. The molecular weight excluding hydrogens is 464 g/mol. The number of aliphatic hydroxyl groups is 1. The first-order chi connectivity index (χ1) is 16.6. The number of aromatic nitrogens is 1. The maximum Gasteiger partial charge on any atom is 0.301 e. The van der Waals surface area contributed by atoms with Gasteiger partial charge in [-0.3, -0.25) is 19.3 Å². The second kappa shape index (κ2) is 9.46. The molecule has 0 bridgehead atoms. The fourth-order valence-electron chi connectivity index (χ4n) is 4.21. The van der Waals surface area contributed by atoms with Gasteiger partial charge < -0.3 is 9.84 Å². The highest BCUT2D eigenvalue weighted by Gasteiger charge is 2.48. The van der Waals surface area contributed by atoms with E-state index in [0.717, 1.165) is 22.5 Å². The van der Waals surface area contributed by atoms with Crippen LogP contribution in [-0.2, 0) is 9.59 Å². The fraction of sp³-hybridized carbons (Fsp3) is 0.259. The molecular formula is C27H26N2O5S. The molecule has 180 valence electrons. The Morgan fingerprint density at radius 2 is 1.80 bits per heavy atom. The summed E-state index contributed by atoms with van der Waals surface area (Å²) in [6.07, 6.45) is 0. The van der Waals surface area contributed by atoms with Crippen LogP contribution < -0.4 is 9.64 Å². The fourth-order valence-corrected chi connectivity index (χ4v) is 5.20. The zero-order valence-electron chi connectivity index (χ0n) is 20.2. The van der Waals surface area contributed by atoms with E-state index in [0.29, 0.717) is 34.1 Å². The molecule has 1 atom stereocenters. The number of nitrogens with zero attached hydrogens (tertiary/aromatic N) is 2. The number of carbonyl (C=O) groups is 3. The molecule has 1 aliphatic rings. The van der Waals surface area contributed by atoms with Gasteiger partial charge in [0, 0.05) is 12.5 Å². The second-order valence-electron chi connectivity index (χ2n) is 8.46. The van der Waals surface area contributed by atoms with Gasteiger partial charge in [0.25, 0.3) is 5.78 Å². The summed E-state index contributed by atoms with van der Waals surface area (Å²) in [4.78, 5) is 44.9. The maximum absolute atomic E-state index is 13.4. The standard InChI is InChI=1S/C27H26N2O5S/c1-6-34-19-11-9-18(10-12-19)22-21(23(31)20-13-14(2)7-8-15(20)3)24(32)26(33)29(22)27-28-16(4)25(35-27)17(5)30/h7-13,22,31H,6H2,1-5H3. The predicted molar refractivity (Wildman–Crippen MR) is 135 cm³/mol. The topological polar surface area (TPSA) is 96.8 Å². The smallest absolute Gasteiger partial charge is 0.301 e. The van der Waals surface area contributed by atoms with Crippen LogP contribution >= 0.6 is 11.3 Å². The van der Waals surface area contributed by atoms with Crippen LogP contribution in [0.2, 0.25) is 0 Å². The van der Waals surface area contributed by atoms with Gasteiger partial charge >= 0.3 is 5.91 Å². The molecule has 1 fully saturated rings. The van der Waals surface area contributed by atoms with Crippen molar-refractivity contribution < 1.29 is 24.2 Å². The summed E-state index contributed by atoms with van der Waals surface area (Å²) in [6, 6.07) is 11.7. The summed E-state index contributed by atoms with van der Waals surface area (Å²) in [5, 5.41) is 11.6. The molecule has 1 aromatic heterocycles. The molecule has 3 aromatic rings. The molecule has 1 amide bonds. The van der Waals surface area contributed by atoms with E-state index in [1.54, 1.807) is 37.3 Å². The van der Waals surface area contributed by atoms with Crippen LogP contribution in [0.15, 0.2) is 48.0 Å². The van der Waals surface area contributed by atoms with Crippen molar-refractivity contribution in [3.8, 4) is 5.75 Å². The van der Waals surface area contributed by atoms with Gasteiger partial charge in [0.2, 0.25) is 0 Å². The van der Waals surface area contributed by atoms with Crippen molar-refractivity contribution >= 4 is 39.7 Å².